The topological polar surface area (TPSA) is 88.1 Å². The van der Waals surface area contributed by atoms with Crippen molar-refractivity contribution in [2.45, 2.75) is 55.0 Å². The Balaban J connectivity index is 1.71. The lowest BCUT2D eigenvalue weighted by molar-refractivity contribution is -0.172. The van der Waals surface area contributed by atoms with Gasteiger partial charge in [0.15, 0.2) is 11.0 Å². The van der Waals surface area contributed by atoms with Crippen molar-refractivity contribution in [1.29, 1.82) is 0 Å². The van der Waals surface area contributed by atoms with Crippen LogP contribution in [-0.4, -0.2) is 47.0 Å². The van der Waals surface area contributed by atoms with Crippen molar-refractivity contribution in [3.63, 3.8) is 0 Å². The van der Waals surface area contributed by atoms with Crippen LogP contribution in [0.25, 0.3) is 0 Å². The van der Waals surface area contributed by atoms with Crippen LogP contribution in [0.3, 0.4) is 0 Å². The van der Waals surface area contributed by atoms with Gasteiger partial charge in [0, 0.05) is 23.3 Å². The molecule has 1 aliphatic carbocycles. The Bertz CT molecular complexity index is 862. The zero-order valence-electron chi connectivity index (χ0n) is 17.6. The molecule has 2 fully saturated rings. The third-order valence-electron chi connectivity index (χ3n) is 6.07. The summed E-state index contributed by atoms with van der Waals surface area (Å²) in [6.07, 6.45) is 4.53. The van der Waals surface area contributed by atoms with Crippen LogP contribution in [0.1, 0.15) is 39.0 Å². The third kappa shape index (κ3) is 4.47. The van der Waals surface area contributed by atoms with Crippen LogP contribution in [0.2, 0.25) is 0 Å². The van der Waals surface area contributed by atoms with E-state index in [1.165, 1.54) is 0 Å². The molecular formula is C23H28O7S. The van der Waals surface area contributed by atoms with E-state index in [9.17, 15) is 13.8 Å². The number of benzene rings is 1. The molecule has 3 aliphatic rings. The number of esters is 2. The van der Waals surface area contributed by atoms with Crippen LogP contribution in [0.15, 0.2) is 47.1 Å². The van der Waals surface area contributed by atoms with Gasteiger partial charge in [-0.25, -0.2) is 0 Å². The summed E-state index contributed by atoms with van der Waals surface area (Å²) >= 11 is 0. The zero-order chi connectivity index (χ0) is 21.8. The van der Waals surface area contributed by atoms with Gasteiger partial charge in [0.2, 0.25) is 0 Å². The van der Waals surface area contributed by atoms with Crippen molar-refractivity contribution in [2.75, 3.05) is 19.8 Å². The molecule has 1 aromatic carbocycles. The zero-order valence-corrected chi connectivity index (χ0v) is 18.4. The van der Waals surface area contributed by atoms with Crippen LogP contribution < -0.4 is 0 Å². The maximum Gasteiger partial charge on any atom is 0.325 e. The SMILES string of the molecule is CCOC(=O)[C@@]1(S(=O)c2ccccc2)C[C@H]2CC(=O)OC2=C[C@H]1COC1CCCCO1. The molecular weight excluding hydrogens is 420 g/mol. The molecule has 2 aliphatic heterocycles. The molecule has 4 rings (SSSR count). The van der Waals surface area contributed by atoms with Crippen molar-refractivity contribution in [2.24, 2.45) is 11.8 Å². The summed E-state index contributed by atoms with van der Waals surface area (Å²) in [5, 5.41) is 0. The first-order chi connectivity index (χ1) is 15.0. The van der Waals surface area contributed by atoms with Gasteiger partial charge in [0.25, 0.3) is 0 Å². The van der Waals surface area contributed by atoms with Gasteiger partial charge < -0.3 is 18.9 Å². The van der Waals surface area contributed by atoms with E-state index < -0.39 is 27.4 Å². The Hall–Kier alpha value is -2.03. The molecule has 1 aromatic rings. The summed E-state index contributed by atoms with van der Waals surface area (Å²) in [6.45, 7) is 2.65. The highest BCUT2D eigenvalue weighted by Crippen LogP contribution is 2.47. The molecule has 168 valence electrons. The van der Waals surface area contributed by atoms with Gasteiger partial charge in [0.1, 0.15) is 5.76 Å². The first kappa shape index (κ1) is 22.2. The lowest BCUT2D eigenvalue weighted by Crippen LogP contribution is -2.55. The molecule has 2 saturated heterocycles. The maximum absolute atomic E-state index is 13.9. The predicted octanol–water partition coefficient (Wildman–Crippen LogP) is 3.11. The van der Waals surface area contributed by atoms with Crippen LogP contribution in [0.4, 0.5) is 0 Å². The highest BCUT2D eigenvalue weighted by molar-refractivity contribution is 7.87. The van der Waals surface area contributed by atoms with Crippen LogP contribution in [-0.2, 0) is 39.3 Å². The van der Waals surface area contributed by atoms with E-state index in [4.69, 9.17) is 18.9 Å². The van der Waals surface area contributed by atoms with Gasteiger partial charge >= 0.3 is 11.9 Å². The number of fused-ring (bicyclic) bond motifs is 1. The van der Waals surface area contributed by atoms with Crippen molar-refractivity contribution in [3.8, 4) is 0 Å². The summed E-state index contributed by atoms with van der Waals surface area (Å²) in [4.78, 5) is 25.9. The van der Waals surface area contributed by atoms with Crippen molar-refractivity contribution < 1.29 is 32.7 Å². The Labute approximate surface area is 184 Å². The lowest BCUT2D eigenvalue weighted by atomic mass is 9.77. The first-order valence-electron chi connectivity index (χ1n) is 10.8. The van der Waals surface area contributed by atoms with Gasteiger partial charge in [-0.2, -0.15) is 0 Å². The molecule has 2 unspecified atom stereocenters. The fourth-order valence-corrected chi connectivity index (χ4v) is 6.32. The number of hydrogen-bond donors (Lipinski definition) is 0. The number of allylic oxidation sites excluding steroid dienone is 1. The predicted molar refractivity (Wildman–Crippen MR) is 112 cm³/mol. The summed E-state index contributed by atoms with van der Waals surface area (Å²) in [5.74, 6) is -1.23. The fraction of sp³-hybridized carbons (Fsp3) is 0.565. The van der Waals surface area contributed by atoms with Gasteiger partial charge in [0.05, 0.1) is 30.4 Å². The summed E-state index contributed by atoms with van der Waals surface area (Å²) in [7, 11) is -1.72. The number of carbonyl (C=O) groups excluding carboxylic acids is 2. The lowest BCUT2D eigenvalue weighted by Gasteiger charge is -2.41. The molecule has 0 amide bonds. The van der Waals surface area contributed by atoms with Crippen LogP contribution >= 0.6 is 0 Å². The Morgan fingerprint density at radius 2 is 2.06 bits per heavy atom. The Kier molecular flexibility index (Phi) is 6.89. The standard InChI is InChI=1S/C23H28O7S/c1-2-27-22(25)23(31(26)18-8-4-3-5-9-18)14-16-12-20(24)30-19(16)13-17(23)15-29-21-10-6-7-11-28-21/h3-5,8-9,13,16-17,21H,2,6-7,10-12,14-15H2,1H3/t16-,17+,21?,23-,31?/m1/s1. The van der Waals surface area contributed by atoms with E-state index in [0.29, 0.717) is 17.3 Å². The summed E-state index contributed by atoms with van der Waals surface area (Å²) in [5.41, 5.74) is 0. The molecule has 0 radical (unpaired) electrons. The summed E-state index contributed by atoms with van der Waals surface area (Å²) in [6, 6.07) is 8.91. The molecule has 7 nitrogen and oxygen atoms in total. The molecule has 0 saturated carbocycles. The highest BCUT2D eigenvalue weighted by Gasteiger charge is 2.58. The van der Waals surface area contributed by atoms with E-state index in [1.807, 2.05) is 6.07 Å². The average molecular weight is 449 g/mol. The molecule has 0 bridgehead atoms. The third-order valence-corrected chi connectivity index (χ3v) is 8.07. The average Bonchev–Trinajstić information content (AvgIpc) is 3.16. The normalized spacial score (nSPS) is 31.3. The molecule has 0 N–H and O–H groups in total. The van der Waals surface area contributed by atoms with Gasteiger partial charge in [-0.15, -0.1) is 0 Å². The van der Waals surface area contributed by atoms with E-state index >= 15 is 0 Å². The molecule has 2 heterocycles. The van der Waals surface area contributed by atoms with E-state index in [0.717, 1.165) is 19.3 Å². The molecule has 31 heavy (non-hydrogen) atoms. The number of rotatable bonds is 7. The van der Waals surface area contributed by atoms with Crippen LogP contribution in [0.5, 0.6) is 0 Å². The molecule has 0 spiro atoms. The van der Waals surface area contributed by atoms with Gasteiger partial charge in [-0.3, -0.25) is 13.8 Å². The minimum atomic E-state index is -1.72. The smallest absolute Gasteiger partial charge is 0.325 e. The van der Waals surface area contributed by atoms with E-state index in [1.54, 1.807) is 37.3 Å². The summed E-state index contributed by atoms with van der Waals surface area (Å²) < 4.78 is 35.1. The van der Waals surface area contributed by atoms with Gasteiger partial charge in [-0.1, -0.05) is 18.2 Å². The molecule has 8 heteroatoms. The monoisotopic (exact) mass is 448 g/mol. The second-order valence-electron chi connectivity index (χ2n) is 8.08. The number of hydrogen-bond acceptors (Lipinski definition) is 7. The highest BCUT2D eigenvalue weighted by atomic mass is 32.2. The van der Waals surface area contributed by atoms with Crippen molar-refractivity contribution >= 4 is 22.7 Å². The minimum absolute atomic E-state index is 0.121. The maximum atomic E-state index is 13.9. The second kappa shape index (κ2) is 9.63. The Morgan fingerprint density at radius 3 is 2.77 bits per heavy atom. The van der Waals surface area contributed by atoms with Gasteiger partial charge in [-0.05, 0) is 50.8 Å². The van der Waals surface area contributed by atoms with Crippen molar-refractivity contribution in [3.05, 3.63) is 42.2 Å². The molecule has 5 atom stereocenters. The van der Waals surface area contributed by atoms with E-state index in [2.05, 4.69) is 0 Å². The largest absolute Gasteiger partial charge is 0.465 e. The molecule has 0 aromatic heterocycles. The first-order valence-corrected chi connectivity index (χ1v) is 12.0. The van der Waals surface area contributed by atoms with Crippen molar-refractivity contribution in [1.82, 2.24) is 0 Å². The minimum Gasteiger partial charge on any atom is -0.465 e. The Morgan fingerprint density at radius 1 is 1.26 bits per heavy atom. The quantitative estimate of drug-likeness (QED) is 0.592. The van der Waals surface area contributed by atoms with Crippen LogP contribution in [0, 0.1) is 11.8 Å². The fourth-order valence-electron chi connectivity index (χ4n) is 4.52. The number of carbonyl (C=O) groups is 2. The second-order valence-corrected chi connectivity index (χ2v) is 9.81. The van der Waals surface area contributed by atoms with E-state index in [-0.39, 0.29) is 44.2 Å². The number of ether oxygens (including phenoxy) is 4.